The first kappa shape index (κ1) is 20.2. The summed E-state index contributed by atoms with van der Waals surface area (Å²) in [5.74, 6) is 0.414. The second-order valence-corrected chi connectivity index (χ2v) is 8.91. The smallest absolute Gasteiger partial charge is 0.250 e. The van der Waals surface area contributed by atoms with Crippen LogP contribution < -0.4 is 13.9 Å². The minimum atomic E-state index is -3.67. The normalized spacial score (nSPS) is 17.1. The standard InChI is InChI=1S/C21H26N2O4S/c1-5-27-19-12-10-18(11-13-19)23(28(4,25)26)16(3)21(24)22-15(2)14-17-8-6-7-9-20(17)22/h6-13,15-16H,5,14H2,1-4H3. The summed E-state index contributed by atoms with van der Waals surface area (Å²) >= 11 is 0. The molecular weight excluding hydrogens is 376 g/mol. The van der Waals surface area contributed by atoms with E-state index in [9.17, 15) is 13.2 Å². The molecule has 0 N–H and O–H groups in total. The van der Waals surface area contributed by atoms with E-state index in [0.29, 0.717) is 18.0 Å². The summed E-state index contributed by atoms with van der Waals surface area (Å²) < 4.78 is 31.7. The first-order chi connectivity index (χ1) is 13.2. The van der Waals surface area contributed by atoms with E-state index >= 15 is 0 Å². The van der Waals surface area contributed by atoms with Crippen LogP contribution in [0.25, 0.3) is 0 Å². The molecule has 1 aliphatic rings. The van der Waals surface area contributed by atoms with Gasteiger partial charge in [0.05, 0.1) is 18.6 Å². The summed E-state index contributed by atoms with van der Waals surface area (Å²) in [5.41, 5.74) is 2.39. The number of hydrogen-bond donors (Lipinski definition) is 0. The van der Waals surface area contributed by atoms with E-state index in [0.717, 1.165) is 23.9 Å². The Labute approximate surface area is 166 Å². The molecule has 0 radical (unpaired) electrons. The monoisotopic (exact) mass is 402 g/mol. The Kier molecular flexibility index (Phi) is 5.65. The quantitative estimate of drug-likeness (QED) is 0.744. The van der Waals surface area contributed by atoms with Crippen molar-refractivity contribution in [3.63, 3.8) is 0 Å². The lowest BCUT2D eigenvalue weighted by Crippen LogP contribution is -2.51. The molecule has 28 heavy (non-hydrogen) atoms. The summed E-state index contributed by atoms with van der Waals surface area (Å²) in [6.45, 7) is 6.02. The molecule has 1 heterocycles. The van der Waals surface area contributed by atoms with Gasteiger partial charge in [-0.15, -0.1) is 0 Å². The van der Waals surface area contributed by atoms with Gasteiger partial charge >= 0.3 is 0 Å². The van der Waals surface area contributed by atoms with Crippen LogP contribution in [0.1, 0.15) is 26.3 Å². The number of nitrogens with zero attached hydrogens (tertiary/aromatic N) is 2. The highest BCUT2D eigenvalue weighted by Crippen LogP contribution is 2.34. The number of rotatable bonds is 6. The molecule has 1 amide bonds. The van der Waals surface area contributed by atoms with Gasteiger partial charge in [0.25, 0.3) is 5.91 Å². The predicted molar refractivity (Wildman–Crippen MR) is 111 cm³/mol. The maximum absolute atomic E-state index is 13.3. The number of sulfonamides is 1. The third-order valence-corrected chi connectivity index (χ3v) is 6.15. The molecule has 2 aromatic rings. The average molecular weight is 403 g/mol. The fraction of sp³-hybridized carbons (Fsp3) is 0.381. The molecule has 7 heteroatoms. The summed E-state index contributed by atoms with van der Waals surface area (Å²) in [5, 5.41) is 0. The summed E-state index contributed by atoms with van der Waals surface area (Å²) in [4.78, 5) is 15.1. The van der Waals surface area contributed by atoms with E-state index < -0.39 is 16.1 Å². The van der Waals surface area contributed by atoms with Crippen LogP contribution in [0.4, 0.5) is 11.4 Å². The maximum Gasteiger partial charge on any atom is 0.250 e. The lowest BCUT2D eigenvalue weighted by atomic mass is 10.1. The zero-order valence-corrected chi connectivity index (χ0v) is 17.4. The number of fused-ring (bicyclic) bond motifs is 1. The van der Waals surface area contributed by atoms with E-state index in [2.05, 4.69) is 0 Å². The highest BCUT2D eigenvalue weighted by atomic mass is 32.2. The molecule has 0 fully saturated rings. The molecule has 0 saturated carbocycles. The van der Waals surface area contributed by atoms with Crippen LogP contribution in [0.15, 0.2) is 48.5 Å². The van der Waals surface area contributed by atoms with Gasteiger partial charge < -0.3 is 9.64 Å². The molecule has 0 spiro atoms. The van der Waals surface area contributed by atoms with Crippen molar-refractivity contribution >= 4 is 27.3 Å². The molecular formula is C21H26N2O4S. The van der Waals surface area contributed by atoms with Crippen molar-refractivity contribution in [3.8, 4) is 5.75 Å². The van der Waals surface area contributed by atoms with Crippen molar-refractivity contribution < 1.29 is 17.9 Å². The fourth-order valence-corrected chi connectivity index (χ4v) is 4.93. The highest BCUT2D eigenvalue weighted by molar-refractivity contribution is 7.92. The van der Waals surface area contributed by atoms with Gasteiger partial charge in [-0.25, -0.2) is 8.42 Å². The van der Waals surface area contributed by atoms with Crippen LogP contribution in [0.5, 0.6) is 5.75 Å². The second-order valence-electron chi connectivity index (χ2n) is 7.05. The Morgan fingerprint density at radius 3 is 2.46 bits per heavy atom. The molecule has 2 unspecified atom stereocenters. The van der Waals surface area contributed by atoms with Crippen LogP contribution in [0.3, 0.4) is 0 Å². The van der Waals surface area contributed by atoms with Crippen LogP contribution >= 0.6 is 0 Å². The van der Waals surface area contributed by atoms with Crippen molar-refractivity contribution in [1.82, 2.24) is 0 Å². The van der Waals surface area contributed by atoms with Gasteiger partial charge in [0.15, 0.2) is 0 Å². The van der Waals surface area contributed by atoms with Crippen molar-refractivity contribution in [2.45, 2.75) is 39.3 Å². The van der Waals surface area contributed by atoms with E-state index in [1.165, 1.54) is 4.31 Å². The van der Waals surface area contributed by atoms with Gasteiger partial charge in [-0.1, -0.05) is 18.2 Å². The van der Waals surface area contributed by atoms with E-state index in [4.69, 9.17) is 4.74 Å². The minimum Gasteiger partial charge on any atom is -0.494 e. The SMILES string of the molecule is CCOc1ccc(N(C(C)C(=O)N2c3ccccc3CC2C)S(C)(=O)=O)cc1. The predicted octanol–water partition coefficient (Wildman–Crippen LogP) is 3.22. The van der Waals surface area contributed by atoms with Gasteiger partial charge in [0, 0.05) is 11.7 Å². The average Bonchev–Trinajstić information content (AvgIpc) is 2.97. The van der Waals surface area contributed by atoms with Gasteiger partial charge in [0.2, 0.25) is 10.0 Å². The van der Waals surface area contributed by atoms with Crippen molar-refractivity contribution in [3.05, 3.63) is 54.1 Å². The summed E-state index contributed by atoms with van der Waals surface area (Å²) in [6, 6.07) is 13.6. The Morgan fingerprint density at radius 2 is 1.86 bits per heavy atom. The topological polar surface area (TPSA) is 66.9 Å². The van der Waals surface area contributed by atoms with Gasteiger partial charge in [-0.2, -0.15) is 0 Å². The minimum absolute atomic E-state index is 0.0194. The number of carbonyl (C=O) groups excluding carboxylic acids is 1. The molecule has 2 aromatic carbocycles. The molecule has 2 atom stereocenters. The van der Waals surface area contributed by atoms with Crippen LogP contribution in [-0.4, -0.2) is 39.3 Å². The lowest BCUT2D eigenvalue weighted by molar-refractivity contribution is -0.119. The third-order valence-electron chi connectivity index (χ3n) is 4.91. The Balaban J connectivity index is 1.94. The first-order valence-corrected chi connectivity index (χ1v) is 11.2. The largest absolute Gasteiger partial charge is 0.494 e. The van der Waals surface area contributed by atoms with Crippen molar-refractivity contribution in [1.29, 1.82) is 0 Å². The Bertz CT molecular complexity index is 957. The number of para-hydroxylation sites is 1. The van der Waals surface area contributed by atoms with Crippen LogP contribution in [0.2, 0.25) is 0 Å². The Morgan fingerprint density at radius 1 is 1.21 bits per heavy atom. The Hall–Kier alpha value is -2.54. The zero-order chi connectivity index (χ0) is 20.5. The fourth-order valence-electron chi connectivity index (χ4n) is 3.76. The molecule has 0 aromatic heterocycles. The molecule has 0 saturated heterocycles. The number of carbonyl (C=O) groups is 1. The summed E-state index contributed by atoms with van der Waals surface area (Å²) in [7, 11) is -3.67. The zero-order valence-electron chi connectivity index (χ0n) is 16.6. The molecule has 3 rings (SSSR count). The van der Waals surface area contributed by atoms with Gasteiger partial charge in [0.1, 0.15) is 11.8 Å². The third kappa shape index (κ3) is 3.85. The molecule has 0 aliphatic carbocycles. The van der Waals surface area contributed by atoms with Crippen LogP contribution in [0, 0.1) is 0 Å². The van der Waals surface area contributed by atoms with E-state index in [-0.39, 0.29) is 11.9 Å². The molecule has 6 nitrogen and oxygen atoms in total. The van der Waals surface area contributed by atoms with E-state index in [1.54, 1.807) is 36.1 Å². The second kappa shape index (κ2) is 7.83. The lowest BCUT2D eigenvalue weighted by Gasteiger charge is -2.33. The van der Waals surface area contributed by atoms with Gasteiger partial charge in [-0.3, -0.25) is 9.10 Å². The highest BCUT2D eigenvalue weighted by Gasteiger charge is 2.37. The molecule has 150 valence electrons. The van der Waals surface area contributed by atoms with Crippen molar-refractivity contribution in [2.24, 2.45) is 0 Å². The number of ether oxygens (including phenoxy) is 1. The number of hydrogen-bond acceptors (Lipinski definition) is 4. The first-order valence-electron chi connectivity index (χ1n) is 9.37. The number of anilines is 2. The molecule has 1 aliphatic heterocycles. The number of amides is 1. The van der Waals surface area contributed by atoms with Gasteiger partial charge in [-0.05, 0) is 63.1 Å². The van der Waals surface area contributed by atoms with E-state index in [1.807, 2.05) is 38.1 Å². The van der Waals surface area contributed by atoms with Crippen molar-refractivity contribution in [2.75, 3.05) is 22.1 Å². The van der Waals surface area contributed by atoms with Crippen LogP contribution in [-0.2, 0) is 21.2 Å². The number of benzene rings is 2. The summed E-state index contributed by atoms with van der Waals surface area (Å²) in [6.07, 6.45) is 1.88. The molecule has 0 bridgehead atoms. The maximum atomic E-state index is 13.3.